The van der Waals surface area contributed by atoms with Gasteiger partial charge in [0.15, 0.2) is 5.58 Å². The van der Waals surface area contributed by atoms with Crippen LogP contribution in [0.3, 0.4) is 0 Å². The van der Waals surface area contributed by atoms with E-state index in [1.807, 2.05) is 29.2 Å². The molecule has 2 heterocycles. The summed E-state index contributed by atoms with van der Waals surface area (Å²) in [5.41, 5.74) is 1.42. The number of amides is 1. The van der Waals surface area contributed by atoms with Crippen LogP contribution in [0, 0.1) is 5.92 Å². The van der Waals surface area contributed by atoms with Crippen molar-refractivity contribution in [2.24, 2.45) is 5.92 Å². The van der Waals surface area contributed by atoms with Crippen molar-refractivity contribution in [2.75, 3.05) is 19.7 Å². The van der Waals surface area contributed by atoms with Crippen molar-refractivity contribution in [2.45, 2.75) is 19.3 Å². The average Bonchev–Trinajstić information content (AvgIpc) is 3.07. The lowest BCUT2D eigenvalue weighted by molar-refractivity contribution is -0.129. The molecule has 1 atom stereocenters. The Bertz CT molecular complexity index is 608. The Morgan fingerprint density at radius 3 is 3.15 bits per heavy atom. The smallest absolute Gasteiger partial charge is 0.228 e. The molecule has 1 aliphatic rings. The molecule has 1 fully saturated rings. The third kappa shape index (κ3) is 2.54. The van der Waals surface area contributed by atoms with Gasteiger partial charge >= 0.3 is 0 Å². The molecule has 0 bridgehead atoms. The number of carbonyl (C=O) groups excluding carboxylic acids is 1. The highest BCUT2D eigenvalue weighted by Crippen LogP contribution is 2.22. The Hall–Kier alpha value is -1.88. The number of hydrogen-bond donors (Lipinski definition) is 1. The summed E-state index contributed by atoms with van der Waals surface area (Å²) in [6, 6.07) is 7.58. The first-order valence-electron chi connectivity index (χ1n) is 7.00. The standard InChI is InChI=1S/C15H18N2O3/c18-8-6-11-5-7-17(10-11)15(19)9-13-12-3-1-2-4-14(12)20-16-13/h1-4,11,18H,5-10H2. The molecule has 0 aliphatic carbocycles. The Morgan fingerprint density at radius 2 is 2.30 bits per heavy atom. The summed E-state index contributed by atoms with van der Waals surface area (Å²) in [7, 11) is 0. The lowest BCUT2D eigenvalue weighted by Crippen LogP contribution is -2.30. The Labute approximate surface area is 117 Å². The van der Waals surface area contributed by atoms with Gasteiger partial charge in [-0.1, -0.05) is 17.3 Å². The lowest BCUT2D eigenvalue weighted by atomic mass is 10.1. The van der Waals surface area contributed by atoms with Crippen LogP contribution in [0.2, 0.25) is 0 Å². The number of para-hydroxylation sites is 1. The second kappa shape index (κ2) is 5.63. The number of aliphatic hydroxyl groups is 1. The first kappa shape index (κ1) is 13.1. The average molecular weight is 274 g/mol. The number of likely N-dealkylation sites (tertiary alicyclic amines) is 1. The van der Waals surface area contributed by atoms with Gasteiger partial charge in [0.1, 0.15) is 5.69 Å². The quantitative estimate of drug-likeness (QED) is 0.919. The largest absolute Gasteiger partial charge is 0.396 e. The molecule has 0 radical (unpaired) electrons. The zero-order chi connectivity index (χ0) is 13.9. The molecular formula is C15H18N2O3. The fourth-order valence-electron chi connectivity index (χ4n) is 2.80. The van der Waals surface area contributed by atoms with Gasteiger partial charge in [0.05, 0.1) is 6.42 Å². The number of carbonyl (C=O) groups is 1. The van der Waals surface area contributed by atoms with Gasteiger partial charge in [0.25, 0.3) is 0 Å². The molecule has 1 aromatic carbocycles. The summed E-state index contributed by atoms with van der Waals surface area (Å²) in [5, 5.41) is 13.9. The van der Waals surface area contributed by atoms with Crippen molar-refractivity contribution < 1.29 is 14.4 Å². The van der Waals surface area contributed by atoms with Crippen molar-refractivity contribution in [3.63, 3.8) is 0 Å². The van der Waals surface area contributed by atoms with Gasteiger partial charge in [0.2, 0.25) is 5.91 Å². The topological polar surface area (TPSA) is 66.6 Å². The molecule has 0 saturated carbocycles. The van der Waals surface area contributed by atoms with Crippen molar-refractivity contribution >= 4 is 16.9 Å². The molecule has 1 unspecified atom stereocenters. The van der Waals surface area contributed by atoms with Gasteiger partial charge in [-0.2, -0.15) is 0 Å². The molecule has 2 aromatic rings. The summed E-state index contributed by atoms with van der Waals surface area (Å²) in [5.74, 6) is 0.516. The molecule has 1 saturated heterocycles. The molecular weight excluding hydrogens is 256 g/mol. The van der Waals surface area contributed by atoms with E-state index in [-0.39, 0.29) is 18.9 Å². The maximum absolute atomic E-state index is 12.3. The number of fused-ring (bicyclic) bond motifs is 1. The first-order valence-corrected chi connectivity index (χ1v) is 7.00. The van der Waals surface area contributed by atoms with E-state index in [9.17, 15) is 4.79 Å². The number of benzene rings is 1. The van der Waals surface area contributed by atoms with E-state index < -0.39 is 0 Å². The number of aliphatic hydroxyl groups excluding tert-OH is 1. The zero-order valence-electron chi connectivity index (χ0n) is 11.3. The maximum atomic E-state index is 12.3. The molecule has 3 rings (SSSR count). The van der Waals surface area contributed by atoms with Crippen molar-refractivity contribution in [3.05, 3.63) is 30.0 Å². The van der Waals surface area contributed by atoms with Gasteiger partial charge in [-0.3, -0.25) is 4.79 Å². The second-order valence-corrected chi connectivity index (χ2v) is 5.31. The minimum absolute atomic E-state index is 0.0875. The Morgan fingerprint density at radius 1 is 1.45 bits per heavy atom. The summed E-state index contributed by atoms with van der Waals surface area (Å²) in [6.45, 7) is 1.72. The van der Waals surface area contributed by atoms with Crippen molar-refractivity contribution in [1.29, 1.82) is 0 Å². The summed E-state index contributed by atoms with van der Waals surface area (Å²) >= 11 is 0. The SMILES string of the molecule is O=C(Cc1noc2ccccc12)N1CCC(CCO)C1. The molecule has 20 heavy (non-hydrogen) atoms. The number of nitrogens with zero attached hydrogens (tertiary/aromatic N) is 2. The van der Waals surface area contributed by atoms with Crippen LogP contribution in [0.4, 0.5) is 0 Å². The summed E-state index contributed by atoms with van der Waals surface area (Å²) < 4.78 is 5.22. The minimum atomic E-state index is 0.0875. The highest BCUT2D eigenvalue weighted by Gasteiger charge is 2.26. The van der Waals surface area contributed by atoms with Crippen LogP contribution < -0.4 is 0 Å². The fraction of sp³-hybridized carbons (Fsp3) is 0.467. The van der Waals surface area contributed by atoms with E-state index in [0.717, 1.165) is 36.9 Å². The number of aromatic nitrogens is 1. The van der Waals surface area contributed by atoms with E-state index in [1.165, 1.54) is 0 Å². The van der Waals surface area contributed by atoms with Crippen LogP contribution >= 0.6 is 0 Å². The molecule has 5 heteroatoms. The molecule has 1 amide bonds. The van der Waals surface area contributed by atoms with Crippen LogP contribution in [0.5, 0.6) is 0 Å². The molecule has 106 valence electrons. The lowest BCUT2D eigenvalue weighted by Gasteiger charge is -2.15. The molecule has 0 spiro atoms. The van der Waals surface area contributed by atoms with E-state index >= 15 is 0 Å². The Kier molecular flexibility index (Phi) is 3.69. The summed E-state index contributed by atoms with van der Waals surface area (Å²) in [4.78, 5) is 14.2. The van der Waals surface area contributed by atoms with E-state index in [4.69, 9.17) is 9.63 Å². The van der Waals surface area contributed by atoms with E-state index in [1.54, 1.807) is 0 Å². The van der Waals surface area contributed by atoms with Gasteiger partial charge < -0.3 is 14.5 Å². The monoisotopic (exact) mass is 274 g/mol. The first-order chi connectivity index (χ1) is 9.78. The molecule has 1 aliphatic heterocycles. The maximum Gasteiger partial charge on any atom is 0.228 e. The normalized spacial score (nSPS) is 18.9. The third-order valence-electron chi connectivity index (χ3n) is 3.95. The van der Waals surface area contributed by atoms with Gasteiger partial charge in [0, 0.05) is 25.1 Å². The van der Waals surface area contributed by atoms with Crippen LogP contribution in [-0.4, -0.2) is 40.8 Å². The highest BCUT2D eigenvalue weighted by atomic mass is 16.5. The number of rotatable bonds is 4. The third-order valence-corrected chi connectivity index (χ3v) is 3.95. The van der Waals surface area contributed by atoms with Gasteiger partial charge in [-0.05, 0) is 30.9 Å². The van der Waals surface area contributed by atoms with E-state index in [2.05, 4.69) is 5.16 Å². The Balaban J connectivity index is 1.67. The molecule has 1 aromatic heterocycles. The molecule has 5 nitrogen and oxygen atoms in total. The zero-order valence-corrected chi connectivity index (χ0v) is 11.3. The van der Waals surface area contributed by atoms with Crippen molar-refractivity contribution in [3.8, 4) is 0 Å². The summed E-state index contributed by atoms with van der Waals surface area (Å²) in [6.07, 6.45) is 2.03. The van der Waals surface area contributed by atoms with E-state index in [0.29, 0.717) is 11.6 Å². The molecule has 1 N–H and O–H groups in total. The predicted octanol–water partition coefficient (Wildman–Crippen LogP) is 1.60. The fourth-order valence-corrected chi connectivity index (χ4v) is 2.80. The highest BCUT2D eigenvalue weighted by molar-refractivity contribution is 5.86. The van der Waals surface area contributed by atoms with Gasteiger partial charge in [-0.15, -0.1) is 0 Å². The number of hydrogen-bond acceptors (Lipinski definition) is 4. The minimum Gasteiger partial charge on any atom is -0.396 e. The van der Waals surface area contributed by atoms with Crippen LogP contribution in [0.1, 0.15) is 18.5 Å². The predicted molar refractivity (Wildman–Crippen MR) is 74.1 cm³/mol. The van der Waals surface area contributed by atoms with Gasteiger partial charge in [-0.25, -0.2) is 0 Å². The second-order valence-electron chi connectivity index (χ2n) is 5.31. The van der Waals surface area contributed by atoms with Crippen LogP contribution in [-0.2, 0) is 11.2 Å². The van der Waals surface area contributed by atoms with Crippen LogP contribution in [0.25, 0.3) is 11.0 Å². The van der Waals surface area contributed by atoms with Crippen molar-refractivity contribution in [1.82, 2.24) is 10.1 Å². The van der Waals surface area contributed by atoms with Crippen LogP contribution in [0.15, 0.2) is 28.8 Å².